The van der Waals surface area contributed by atoms with Gasteiger partial charge in [-0.25, -0.2) is 22.9 Å². The number of esters is 1. The van der Waals surface area contributed by atoms with Crippen LogP contribution in [0.25, 0.3) is 0 Å². The number of methoxy groups -OCH3 is 1. The molecule has 1 fully saturated rings. The molecule has 10 heteroatoms. The number of nitrogens with one attached hydrogen (secondary N) is 1. The Kier molecular flexibility index (Phi) is 6.61. The molecule has 1 unspecified atom stereocenters. The molecule has 1 saturated heterocycles. The van der Waals surface area contributed by atoms with E-state index < -0.39 is 29.5 Å². The predicted molar refractivity (Wildman–Crippen MR) is 115 cm³/mol. The number of rotatable bonds is 5. The van der Waals surface area contributed by atoms with Gasteiger partial charge >= 0.3 is 5.97 Å². The summed E-state index contributed by atoms with van der Waals surface area (Å²) in [4.78, 5) is 23.4. The van der Waals surface area contributed by atoms with E-state index in [-0.39, 0.29) is 17.1 Å². The van der Waals surface area contributed by atoms with E-state index >= 15 is 0 Å². The molecule has 168 valence electrons. The molecule has 0 saturated carbocycles. The molecule has 4 rings (SSSR count). The summed E-state index contributed by atoms with van der Waals surface area (Å²) in [5, 5.41) is 3.03. The number of aliphatic imine (C=N–C) groups is 1. The lowest BCUT2D eigenvalue weighted by molar-refractivity contribution is -0.136. The van der Waals surface area contributed by atoms with Gasteiger partial charge < -0.3 is 10.1 Å². The van der Waals surface area contributed by atoms with Crippen molar-refractivity contribution < 1.29 is 22.7 Å². The molecular formula is C22H20BrF3N4O2. The van der Waals surface area contributed by atoms with Crippen LogP contribution in [0.5, 0.6) is 0 Å². The highest BCUT2D eigenvalue weighted by Crippen LogP contribution is 2.37. The van der Waals surface area contributed by atoms with Crippen molar-refractivity contribution >= 4 is 27.7 Å². The van der Waals surface area contributed by atoms with Crippen LogP contribution >= 0.6 is 15.9 Å². The lowest BCUT2D eigenvalue weighted by Crippen LogP contribution is -2.39. The summed E-state index contributed by atoms with van der Waals surface area (Å²) in [5.74, 6) is -2.74. The van der Waals surface area contributed by atoms with Crippen molar-refractivity contribution in [3.05, 3.63) is 74.9 Å². The summed E-state index contributed by atoms with van der Waals surface area (Å²) in [5.41, 5.74) is 1.03. The van der Waals surface area contributed by atoms with Gasteiger partial charge in [0.05, 0.1) is 18.9 Å². The fourth-order valence-corrected chi connectivity index (χ4v) is 4.46. The summed E-state index contributed by atoms with van der Waals surface area (Å²) in [6.45, 7) is 2.07. The molecule has 2 aliphatic heterocycles. The highest BCUT2D eigenvalue weighted by molar-refractivity contribution is 9.10. The maximum absolute atomic E-state index is 14.6. The molecular weight excluding hydrogens is 489 g/mol. The molecule has 1 aromatic heterocycles. The second-order valence-electron chi connectivity index (χ2n) is 7.52. The van der Waals surface area contributed by atoms with Crippen molar-refractivity contribution in [3.8, 4) is 0 Å². The number of amidine groups is 1. The third kappa shape index (κ3) is 4.56. The Labute approximate surface area is 191 Å². The van der Waals surface area contributed by atoms with Gasteiger partial charge in [0.1, 0.15) is 23.4 Å². The smallest absolute Gasteiger partial charge is 0.338 e. The van der Waals surface area contributed by atoms with E-state index in [0.717, 1.165) is 38.2 Å². The molecule has 0 spiro atoms. The minimum Gasteiger partial charge on any atom is -0.466 e. The Morgan fingerprint density at radius 3 is 2.62 bits per heavy atom. The van der Waals surface area contributed by atoms with Crippen LogP contribution in [-0.2, 0) is 9.53 Å². The lowest BCUT2D eigenvalue weighted by atomic mass is 9.95. The first kappa shape index (κ1) is 22.5. The normalized spacial score (nSPS) is 19.0. The molecule has 32 heavy (non-hydrogen) atoms. The molecule has 0 aliphatic carbocycles. The van der Waals surface area contributed by atoms with Gasteiger partial charge in [-0.2, -0.15) is 0 Å². The maximum atomic E-state index is 14.6. The Balaban J connectivity index is 1.87. The number of carbonyl (C=O) groups excluding carboxylic acids is 1. The number of pyridine rings is 1. The van der Waals surface area contributed by atoms with Gasteiger partial charge in [0.25, 0.3) is 0 Å². The summed E-state index contributed by atoms with van der Waals surface area (Å²) in [6, 6.07) is 3.82. The van der Waals surface area contributed by atoms with E-state index in [9.17, 15) is 18.0 Å². The number of hydrogen-bond acceptors (Lipinski definition) is 6. The lowest BCUT2D eigenvalue weighted by Gasteiger charge is -2.29. The molecule has 1 aromatic carbocycles. The fraction of sp³-hybridized carbons (Fsp3) is 0.318. The molecule has 3 heterocycles. The van der Waals surface area contributed by atoms with Gasteiger partial charge in [0.15, 0.2) is 11.7 Å². The summed E-state index contributed by atoms with van der Waals surface area (Å²) >= 11 is 3.34. The fourth-order valence-electron chi connectivity index (χ4n) is 3.89. The average Bonchev–Trinajstić information content (AvgIpc) is 3.26. The number of hydrogen-bond donors (Lipinski definition) is 1. The zero-order chi connectivity index (χ0) is 22.8. The van der Waals surface area contributed by atoms with Crippen LogP contribution in [0.15, 0.2) is 51.2 Å². The van der Waals surface area contributed by atoms with Crippen LogP contribution in [0.4, 0.5) is 13.2 Å². The first-order valence-electron chi connectivity index (χ1n) is 10.0. The van der Waals surface area contributed by atoms with Crippen LogP contribution in [0.2, 0.25) is 0 Å². The van der Waals surface area contributed by atoms with Gasteiger partial charge in [-0.1, -0.05) is 22.0 Å². The molecule has 2 aliphatic rings. The van der Waals surface area contributed by atoms with Gasteiger partial charge in [-0.15, -0.1) is 0 Å². The zero-order valence-corrected chi connectivity index (χ0v) is 18.8. The topological polar surface area (TPSA) is 66.8 Å². The van der Waals surface area contributed by atoms with Gasteiger partial charge in [0, 0.05) is 22.8 Å². The number of benzene rings is 1. The second-order valence-corrected chi connectivity index (χ2v) is 8.38. The predicted octanol–water partition coefficient (Wildman–Crippen LogP) is 3.88. The van der Waals surface area contributed by atoms with Crippen LogP contribution in [0.3, 0.4) is 0 Å². The van der Waals surface area contributed by atoms with Crippen LogP contribution < -0.4 is 5.32 Å². The second kappa shape index (κ2) is 9.41. The number of likely N-dealkylation sites (tertiary alicyclic amines) is 1. The third-order valence-corrected chi connectivity index (χ3v) is 6.09. The van der Waals surface area contributed by atoms with Crippen molar-refractivity contribution in [3.63, 3.8) is 0 Å². The minimum absolute atomic E-state index is 0.0468. The zero-order valence-electron chi connectivity index (χ0n) is 17.2. The average molecular weight is 509 g/mol. The summed E-state index contributed by atoms with van der Waals surface area (Å²) < 4.78 is 47.1. The Hall–Kier alpha value is -2.72. The van der Waals surface area contributed by atoms with E-state index in [1.807, 2.05) is 0 Å². The Morgan fingerprint density at radius 1 is 1.22 bits per heavy atom. The Bertz CT molecular complexity index is 1120. The van der Waals surface area contributed by atoms with Crippen molar-refractivity contribution in [2.75, 3.05) is 26.7 Å². The molecule has 6 nitrogen and oxygen atoms in total. The monoisotopic (exact) mass is 508 g/mol. The van der Waals surface area contributed by atoms with Crippen molar-refractivity contribution in [1.82, 2.24) is 15.2 Å². The van der Waals surface area contributed by atoms with Gasteiger partial charge in [0.2, 0.25) is 0 Å². The number of nitrogens with zero attached hydrogens (tertiary/aromatic N) is 3. The molecule has 2 aromatic rings. The first-order valence-corrected chi connectivity index (χ1v) is 10.8. The summed E-state index contributed by atoms with van der Waals surface area (Å²) in [6.07, 6.45) is 2.96. The molecule has 0 radical (unpaired) electrons. The van der Waals surface area contributed by atoms with Crippen molar-refractivity contribution in [2.45, 2.75) is 18.9 Å². The van der Waals surface area contributed by atoms with E-state index in [1.54, 1.807) is 0 Å². The van der Waals surface area contributed by atoms with E-state index in [0.29, 0.717) is 22.3 Å². The Morgan fingerprint density at radius 2 is 1.97 bits per heavy atom. The van der Waals surface area contributed by atoms with E-state index in [4.69, 9.17) is 4.74 Å². The quantitative estimate of drug-likeness (QED) is 0.621. The highest BCUT2D eigenvalue weighted by Gasteiger charge is 2.35. The van der Waals surface area contributed by atoms with E-state index in [1.165, 1.54) is 25.3 Å². The molecule has 0 amide bonds. The van der Waals surface area contributed by atoms with E-state index in [2.05, 4.69) is 36.1 Å². The number of ether oxygens (including phenoxy) is 1. The largest absolute Gasteiger partial charge is 0.466 e. The molecule has 1 atom stereocenters. The maximum Gasteiger partial charge on any atom is 0.338 e. The van der Waals surface area contributed by atoms with Crippen molar-refractivity contribution in [2.24, 2.45) is 4.99 Å². The number of aromatic nitrogens is 1. The molecule has 0 bridgehead atoms. The SMILES string of the molecule is COC(=O)C1=C(CN2CCCC2)NC(c2ncc(F)cc2F)=NC1c1ccc(F)cc1Br. The third-order valence-electron chi connectivity index (χ3n) is 5.40. The summed E-state index contributed by atoms with van der Waals surface area (Å²) in [7, 11) is 1.26. The highest BCUT2D eigenvalue weighted by atomic mass is 79.9. The number of halogens is 4. The van der Waals surface area contributed by atoms with Gasteiger partial charge in [-0.3, -0.25) is 9.89 Å². The first-order chi connectivity index (χ1) is 15.4. The van der Waals surface area contributed by atoms with Gasteiger partial charge in [-0.05, 0) is 43.6 Å². The standard InChI is InChI=1S/C22H20BrF3N4O2/c1-32-22(31)18-17(11-30-6-2-3-7-30)28-21(20-16(26)9-13(25)10-27-20)29-19(18)14-5-4-12(24)8-15(14)23/h4-5,8-10,19H,2-3,6-7,11H2,1H3,(H,28,29). The number of carbonyl (C=O) groups is 1. The van der Waals surface area contributed by atoms with Crippen LogP contribution in [0, 0.1) is 17.5 Å². The van der Waals surface area contributed by atoms with Crippen molar-refractivity contribution in [1.29, 1.82) is 0 Å². The minimum atomic E-state index is -0.919. The van der Waals surface area contributed by atoms with Crippen LogP contribution in [-0.4, -0.2) is 48.4 Å². The van der Waals surface area contributed by atoms with Crippen LogP contribution in [0.1, 0.15) is 30.1 Å². The molecule has 1 N–H and O–H groups in total.